The van der Waals surface area contributed by atoms with Gasteiger partial charge in [0.05, 0.1) is 4.87 Å². The highest BCUT2D eigenvalue weighted by Crippen LogP contribution is 2.46. The maximum absolute atomic E-state index is 11.5. The molecule has 7 heteroatoms. The van der Waals surface area contributed by atoms with E-state index in [1.54, 1.807) is 6.92 Å². The molecule has 0 saturated carbocycles. The van der Waals surface area contributed by atoms with E-state index in [1.807, 2.05) is 0 Å². The van der Waals surface area contributed by atoms with Crippen LogP contribution in [0.15, 0.2) is 0 Å². The molecule has 1 amide bonds. The van der Waals surface area contributed by atoms with Crippen molar-refractivity contribution < 1.29 is 14.7 Å². The molecular weight excluding hydrogens is 261 g/mol. The molecular formula is C8H9Cl2NO3S. The zero-order valence-corrected chi connectivity index (χ0v) is 10.1. The van der Waals surface area contributed by atoms with Gasteiger partial charge in [0.15, 0.2) is 0 Å². The molecule has 2 aliphatic heterocycles. The van der Waals surface area contributed by atoms with Crippen molar-refractivity contribution in [2.45, 2.75) is 28.6 Å². The lowest BCUT2D eigenvalue weighted by molar-refractivity contribution is -0.159. The number of hydrogen-bond donors (Lipinski definition) is 1. The second-order valence-electron chi connectivity index (χ2n) is 3.87. The van der Waals surface area contributed by atoms with Crippen LogP contribution in [0.25, 0.3) is 0 Å². The van der Waals surface area contributed by atoms with Gasteiger partial charge in [0.25, 0.3) is 0 Å². The molecule has 2 heterocycles. The van der Waals surface area contributed by atoms with Crippen molar-refractivity contribution in [3.05, 3.63) is 0 Å². The number of carboxylic acids is 1. The third-order valence-electron chi connectivity index (χ3n) is 2.63. The Kier molecular flexibility index (Phi) is 2.60. The summed E-state index contributed by atoms with van der Waals surface area (Å²) in [6.45, 7) is 1.63. The van der Waals surface area contributed by atoms with Crippen molar-refractivity contribution in [3.8, 4) is 0 Å². The predicted octanol–water partition coefficient (Wildman–Crippen LogP) is 0.960. The lowest BCUT2D eigenvalue weighted by atomic mass is 9.96. The van der Waals surface area contributed by atoms with E-state index in [0.29, 0.717) is 5.75 Å². The number of nitrogens with zero attached hydrogens (tertiary/aromatic N) is 1. The number of carbonyl (C=O) groups excluding carboxylic acids is 1. The number of carbonyl (C=O) groups is 2. The van der Waals surface area contributed by atoms with Crippen molar-refractivity contribution in [2.75, 3.05) is 5.75 Å². The first-order valence-electron chi connectivity index (χ1n) is 4.36. The Bertz CT molecular complexity index is 336. The Balaban J connectivity index is 2.30. The zero-order valence-electron chi connectivity index (χ0n) is 7.81. The number of halogens is 2. The van der Waals surface area contributed by atoms with Gasteiger partial charge in [-0.2, -0.15) is 0 Å². The van der Waals surface area contributed by atoms with Gasteiger partial charge in [0.1, 0.15) is 16.8 Å². The van der Waals surface area contributed by atoms with Crippen LogP contribution < -0.4 is 0 Å². The summed E-state index contributed by atoms with van der Waals surface area (Å²) < 4.78 is 0. The molecule has 0 bridgehead atoms. The molecule has 1 N–H and O–H groups in total. The molecule has 84 valence electrons. The highest BCUT2D eigenvalue weighted by Gasteiger charge is 2.60. The summed E-state index contributed by atoms with van der Waals surface area (Å²) in [4.78, 5) is 22.9. The first-order valence-corrected chi connectivity index (χ1v) is 6.22. The average molecular weight is 270 g/mol. The lowest BCUT2D eigenvalue weighted by Crippen LogP contribution is -2.73. The molecule has 0 aromatic carbocycles. The van der Waals surface area contributed by atoms with Crippen LogP contribution in [0.1, 0.15) is 6.92 Å². The first-order chi connectivity index (χ1) is 6.86. The van der Waals surface area contributed by atoms with Gasteiger partial charge in [0, 0.05) is 5.75 Å². The standard InChI is InChI=1S/C8H9Cl2NO3S/c1-8(10)2-15-6-3(9)5(12)11(6)4(8)7(13)14/h3-4,6H,2H2,1H3,(H,13,14)/t3-,4?,6+,8?/m0/s1. The van der Waals surface area contributed by atoms with Crippen molar-refractivity contribution >= 4 is 46.8 Å². The van der Waals surface area contributed by atoms with E-state index >= 15 is 0 Å². The molecule has 0 radical (unpaired) electrons. The molecule has 2 fully saturated rings. The number of aliphatic carboxylic acids is 1. The molecule has 0 aromatic heterocycles. The molecule has 4 atom stereocenters. The molecule has 0 aliphatic carbocycles. The van der Waals surface area contributed by atoms with Gasteiger partial charge in [-0.3, -0.25) is 4.79 Å². The van der Waals surface area contributed by atoms with Gasteiger partial charge in [-0.25, -0.2) is 4.79 Å². The maximum atomic E-state index is 11.5. The summed E-state index contributed by atoms with van der Waals surface area (Å²) in [5.41, 5.74) is 0. The molecule has 15 heavy (non-hydrogen) atoms. The van der Waals surface area contributed by atoms with Crippen molar-refractivity contribution in [1.82, 2.24) is 4.90 Å². The predicted molar refractivity (Wildman–Crippen MR) is 58.4 cm³/mol. The minimum Gasteiger partial charge on any atom is -0.480 e. The number of rotatable bonds is 1. The van der Waals surface area contributed by atoms with E-state index in [2.05, 4.69) is 0 Å². The summed E-state index contributed by atoms with van der Waals surface area (Å²) in [6.07, 6.45) is 0. The van der Waals surface area contributed by atoms with Crippen LogP contribution in [0.5, 0.6) is 0 Å². The van der Waals surface area contributed by atoms with Crippen LogP contribution in [0.4, 0.5) is 0 Å². The number of β-lactam (4-membered cyclic amide) rings is 1. The van der Waals surface area contributed by atoms with Gasteiger partial charge in [-0.05, 0) is 6.92 Å². The van der Waals surface area contributed by atoms with Crippen LogP contribution in [-0.2, 0) is 9.59 Å². The fourth-order valence-electron chi connectivity index (χ4n) is 1.88. The van der Waals surface area contributed by atoms with E-state index in [9.17, 15) is 9.59 Å². The fraction of sp³-hybridized carbons (Fsp3) is 0.750. The highest BCUT2D eigenvalue weighted by atomic mass is 35.5. The monoisotopic (exact) mass is 269 g/mol. The van der Waals surface area contributed by atoms with Crippen LogP contribution in [0, 0.1) is 0 Å². The number of thioether (sulfide) groups is 1. The average Bonchev–Trinajstić information content (AvgIpc) is 2.14. The van der Waals surface area contributed by atoms with Crippen molar-refractivity contribution in [2.24, 2.45) is 0 Å². The quantitative estimate of drug-likeness (QED) is 0.569. The van der Waals surface area contributed by atoms with Crippen LogP contribution in [0.3, 0.4) is 0 Å². The third kappa shape index (κ3) is 1.52. The molecule has 0 aromatic rings. The van der Waals surface area contributed by atoms with Gasteiger partial charge in [0.2, 0.25) is 5.91 Å². The van der Waals surface area contributed by atoms with Crippen LogP contribution >= 0.6 is 35.0 Å². The van der Waals surface area contributed by atoms with Gasteiger partial charge >= 0.3 is 5.97 Å². The van der Waals surface area contributed by atoms with Crippen molar-refractivity contribution in [1.29, 1.82) is 0 Å². The smallest absolute Gasteiger partial charge is 0.328 e. The summed E-state index contributed by atoms with van der Waals surface area (Å²) in [5.74, 6) is -0.939. The normalized spacial score (nSPS) is 44.6. The second-order valence-corrected chi connectivity index (χ2v) is 6.31. The molecule has 2 rings (SSSR count). The minimum atomic E-state index is -1.07. The molecule has 4 nitrogen and oxygen atoms in total. The summed E-state index contributed by atoms with van der Waals surface area (Å²) in [6, 6.07) is -0.979. The number of carboxylic acid groups (broad SMARTS) is 1. The topological polar surface area (TPSA) is 57.6 Å². The third-order valence-corrected chi connectivity index (χ3v) is 5.31. The van der Waals surface area contributed by atoms with Crippen molar-refractivity contribution in [3.63, 3.8) is 0 Å². The second kappa shape index (κ2) is 3.43. The Morgan fingerprint density at radius 3 is 2.87 bits per heavy atom. The lowest BCUT2D eigenvalue weighted by Gasteiger charge is -2.54. The Hall–Kier alpha value is -0.130. The zero-order chi connectivity index (χ0) is 11.4. The Morgan fingerprint density at radius 1 is 1.73 bits per heavy atom. The SMILES string of the molecule is CC1(Cl)CS[C@@H]2[C@@H](Cl)C(=O)N2C1C(=O)O. The van der Waals surface area contributed by atoms with E-state index in [0.717, 1.165) is 0 Å². The van der Waals surface area contributed by atoms with E-state index in [-0.39, 0.29) is 11.3 Å². The molecule has 2 aliphatic rings. The maximum Gasteiger partial charge on any atom is 0.328 e. The number of fused-ring (bicyclic) bond motifs is 1. The van der Waals surface area contributed by atoms with Crippen LogP contribution in [0.2, 0.25) is 0 Å². The van der Waals surface area contributed by atoms with Gasteiger partial charge in [-0.1, -0.05) is 0 Å². The highest BCUT2D eigenvalue weighted by molar-refractivity contribution is 8.00. The number of alkyl halides is 2. The fourth-order valence-corrected chi connectivity index (χ4v) is 4.05. The number of hydrogen-bond acceptors (Lipinski definition) is 3. The molecule has 2 unspecified atom stereocenters. The Labute approximate surface area is 101 Å². The van der Waals surface area contributed by atoms with E-state index in [4.69, 9.17) is 28.3 Å². The minimum absolute atomic E-state index is 0.243. The van der Waals surface area contributed by atoms with E-state index in [1.165, 1.54) is 16.7 Å². The van der Waals surface area contributed by atoms with E-state index < -0.39 is 22.3 Å². The van der Waals surface area contributed by atoms with Gasteiger partial charge in [-0.15, -0.1) is 35.0 Å². The number of amides is 1. The first kappa shape index (κ1) is 11.4. The molecule has 0 spiro atoms. The summed E-state index contributed by atoms with van der Waals surface area (Å²) in [5, 5.41) is 8.22. The summed E-state index contributed by atoms with van der Waals surface area (Å²) in [7, 11) is 0. The molecule has 2 saturated heterocycles. The largest absolute Gasteiger partial charge is 0.480 e. The van der Waals surface area contributed by atoms with Crippen LogP contribution in [-0.4, -0.2) is 49.3 Å². The Morgan fingerprint density at radius 2 is 2.33 bits per heavy atom. The summed E-state index contributed by atoms with van der Waals surface area (Å²) >= 11 is 13.3. The van der Waals surface area contributed by atoms with Gasteiger partial charge < -0.3 is 10.0 Å².